The molecule has 0 radical (unpaired) electrons. The van der Waals surface area contributed by atoms with Crippen LogP contribution in [0.4, 0.5) is 13.2 Å². The molecule has 1 fully saturated rings. The lowest BCUT2D eigenvalue weighted by Crippen LogP contribution is -2.31. The van der Waals surface area contributed by atoms with E-state index in [2.05, 4.69) is 6.07 Å². The first-order chi connectivity index (χ1) is 14.3. The van der Waals surface area contributed by atoms with E-state index in [0.29, 0.717) is 29.0 Å². The fourth-order valence-corrected chi connectivity index (χ4v) is 3.47. The number of rotatable bonds is 7. The first kappa shape index (κ1) is 21.7. The fourth-order valence-electron chi connectivity index (χ4n) is 3.47. The molecule has 2 aromatic rings. The maximum absolute atomic E-state index is 13.4. The van der Waals surface area contributed by atoms with Gasteiger partial charge in [0, 0.05) is 24.6 Å². The van der Waals surface area contributed by atoms with Gasteiger partial charge < -0.3 is 9.64 Å². The second kappa shape index (κ2) is 8.78. The predicted molar refractivity (Wildman–Crippen MR) is 107 cm³/mol. The van der Waals surface area contributed by atoms with Crippen LogP contribution in [0.2, 0.25) is 0 Å². The number of ether oxygens (including phenoxy) is 1. The van der Waals surface area contributed by atoms with Crippen LogP contribution in [0.1, 0.15) is 36.5 Å². The lowest BCUT2D eigenvalue weighted by molar-refractivity contribution is -0.137. The quantitative estimate of drug-likeness (QED) is 0.623. The van der Waals surface area contributed by atoms with Crippen LogP contribution < -0.4 is 4.74 Å². The Kier molecular flexibility index (Phi) is 6.35. The van der Waals surface area contributed by atoms with Gasteiger partial charge >= 0.3 is 6.18 Å². The van der Waals surface area contributed by atoms with Gasteiger partial charge in [0.2, 0.25) is 5.91 Å². The number of halogens is 3. The van der Waals surface area contributed by atoms with Gasteiger partial charge in [-0.3, -0.25) is 4.79 Å². The summed E-state index contributed by atoms with van der Waals surface area (Å²) < 4.78 is 45.6. The number of benzene rings is 2. The van der Waals surface area contributed by atoms with Crippen molar-refractivity contribution in [1.82, 2.24) is 4.90 Å². The maximum atomic E-state index is 13.4. The molecule has 0 unspecified atom stereocenters. The molecule has 0 N–H and O–H groups in total. The summed E-state index contributed by atoms with van der Waals surface area (Å²) in [5.74, 6) is 0.452. The molecular formula is C23H23F3N2O2. The van der Waals surface area contributed by atoms with Crippen molar-refractivity contribution in [3.63, 3.8) is 0 Å². The Balaban J connectivity index is 2.11. The van der Waals surface area contributed by atoms with Crippen molar-refractivity contribution in [2.45, 2.75) is 38.9 Å². The predicted octanol–water partition coefficient (Wildman–Crippen LogP) is 5.21. The summed E-state index contributed by atoms with van der Waals surface area (Å²) >= 11 is 0. The second-order valence-corrected chi connectivity index (χ2v) is 7.37. The highest BCUT2D eigenvalue weighted by Crippen LogP contribution is 2.38. The topological polar surface area (TPSA) is 53.3 Å². The van der Waals surface area contributed by atoms with Crippen molar-refractivity contribution in [3.05, 3.63) is 53.1 Å². The summed E-state index contributed by atoms with van der Waals surface area (Å²) in [7, 11) is 1.49. The van der Waals surface area contributed by atoms with E-state index in [-0.39, 0.29) is 24.8 Å². The van der Waals surface area contributed by atoms with Gasteiger partial charge in [0.1, 0.15) is 5.75 Å². The highest BCUT2D eigenvalue weighted by molar-refractivity contribution is 5.82. The van der Waals surface area contributed by atoms with Gasteiger partial charge in [0.05, 0.1) is 25.2 Å². The molecule has 0 aliphatic heterocycles. The molecule has 1 aliphatic carbocycles. The van der Waals surface area contributed by atoms with Crippen molar-refractivity contribution in [2.75, 3.05) is 13.7 Å². The number of hydrogen-bond acceptors (Lipinski definition) is 3. The van der Waals surface area contributed by atoms with Crippen LogP contribution in [0, 0.1) is 17.2 Å². The number of amides is 1. The standard InChI is InChI=1S/C23H23F3N2O2/c1-3-28(22(29)16-5-6-16)14-17-13-18(23(24,25)26)7-8-19(17)20-12-15(10-11-27)4-9-21(20)30-2/h4,7-9,12-13,16H,3,5-6,10,14H2,1-2H3. The molecular weight excluding hydrogens is 393 g/mol. The zero-order valence-electron chi connectivity index (χ0n) is 16.9. The van der Waals surface area contributed by atoms with Crippen LogP contribution in [0.5, 0.6) is 5.75 Å². The van der Waals surface area contributed by atoms with Crippen molar-refractivity contribution in [1.29, 1.82) is 5.26 Å². The lowest BCUT2D eigenvalue weighted by atomic mass is 9.94. The number of nitriles is 1. The molecule has 3 rings (SSSR count). The molecule has 0 heterocycles. The van der Waals surface area contributed by atoms with Gasteiger partial charge in [0.25, 0.3) is 0 Å². The van der Waals surface area contributed by atoms with Gasteiger partial charge in [0.15, 0.2) is 0 Å². The summed E-state index contributed by atoms with van der Waals surface area (Å²) in [6.07, 6.45) is -2.66. The molecule has 0 saturated heterocycles. The van der Waals surface area contributed by atoms with E-state index in [1.165, 1.54) is 13.2 Å². The average molecular weight is 416 g/mol. The molecule has 1 aliphatic rings. The SMILES string of the molecule is CCN(Cc1cc(C(F)(F)F)ccc1-c1cc(CC#N)ccc1OC)C(=O)C1CC1. The minimum absolute atomic E-state index is 0.0207. The van der Waals surface area contributed by atoms with Crippen LogP contribution in [0.15, 0.2) is 36.4 Å². The molecule has 158 valence electrons. The minimum Gasteiger partial charge on any atom is -0.496 e. The molecule has 0 bridgehead atoms. The smallest absolute Gasteiger partial charge is 0.416 e. The Morgan fingerprint density at radius 1 is 1.20 bits per heavy atom. The number of nitrogens with zero attached hydrogens (tertiary/aromatic N) is 2. The van der Waals surface area contributed by atoms with E-state index >= 15 is 0 Å². The van der Waals surface area contributed by atoms with Crippen molar-refractivity contribution < 1.29 is 22.7 Å². The van der Waals surface area contributed by atoms with Gasteiger partial charge in [-0.2, -0.15) is 18.4 Å². The van der Waals surface area contributed by atoms with Crippen LogP contribution in [-0.2, 0) is 23.9 Å². The summed E-state index contributed by atoms with van der Waals surface area (Å²) in [4.78, 5) is 14.2. The van der Waals surface area contributed by atoms with Crippen LogP contribution in [-0.4, -0.2) is 24.5 Å². The Morgan fingerprint density at radius 3 is 2.50 bits per heavy atom. The number of alkyl halides is 3. The maximum Gasteiger partial charge on any atom is 0.416 e. The number of methoxy groups -OCH3 is 1. The molecule has 1 amide bonds. The van der Waals surface area contributed by atoms with Gasteiger partial charge in [-0.05, 0) is 60.7 Å². The van der Waals surface area contributed by atoms with E-state index in [4.69, 9.17) is 10.00 Å². The van der Waals surface area contributed by atoms with Gasteiger partial charge in [-0.15, -0.1) is 0 Å². The van der Waals surface area contributed by atoms with Crippen LogP contribution in [0.3, 0.4) is 0 Å². The Bertz CT molecular complexity index is 975. The van der Waals surface area contributed by atoms with Gasteiger partial charge in [-0.1, -0.05) is 12.1 Å². The summed E-state index contributed by atoms with van der Waals surface area (Å²) in [6.45, 7) is 2.31. The summed E-state index contributed by atoms with van der Waals surface area (Å²) in [6, 6.07) is 10.9. The molecule has 30 heavy (non-hydrogen) atoms. The van der Waals surface area contributed by atoms with E-state index in [1.807, 2.05) is 6.92 Å². The van der Waals surface area contributed by atoms with Crippen LogP contribution >= 0.6 is 0 Å². The minimum atomic E-state index is -4.49. The van der Waals surface area contributed by atoms with E-state index in [1.54, 1.807) is 23.1 Å². The fraction of sp³-hybridized carbons (Fsp3) is 0.391. The number of hydrogen-bond donors (Lipinski definition) is 0. The highest BCUT2D eigenvalue weighted by atomic mass is 19.4. The second-order valence-electron chi connectivity index (χ2n) is 7.37. The first-order valence-corrected chi connectivity index (χ1v) is 9.81. The number of carbonyl (C=O) groups excluding carboxylic acids is 1. The molecule has 2 aromatic carbocycles. The Morgan fingerprint density at radius 2 is 1.93 bits per heavy atom. The van der Waals surface area contributed by atoms with Crippen molar-refractivity contribution in [2.24, 2.45) is 5.92 Å². The molecule has 0 atom stereocenters. The highest BCUT2D eigenvalue weighted by Gasteiger charge is 2.34. The largest absolute Gasteiger partial charge is 0.496 e. The first-order valence-electron chi connectivity index (χ1n) is 9.81. The normalized spacial score (nSPS) is 13.6. The van der Waals surface area contributed by atoms with E-state index in [0.717, 1.165) is 30.5 Å². The molecule has 4 nitrogen and oxygen atoms in total. The third-order valence-electron chi connectivity index (χ3n) is 5.25. The van der Waals surface area contributed by atoms with E-state index < -0.39 is 11.7 Å². The number of carbonyl (C=O) groups is 1. The zero-order chi connectivity index (χ0) is 21.9. The third kappa shape index (κ3) is 4.76. The molecule has 0 spiro atoms. The summed E-state index contributed by atoms with van der Waals surface area (Å²) in [5, 5.41) is 9.01. The average Bonchev–Trinajstić information content (AvgIpc) is 3.56. The van der Waals surface area contributed by atoms with Crippen molar-refractivity contribution in [3.8, 4) is 22.9 Å². The Hall–Kier alpha value is -3.01. The van der Waals surface area contributed by atoms with Gasteiger partial charge in [-0.25, -0.2) is 0 Å². The molecule has 1 saturated carbocycles. The molecule has 7 heteroatoms. The Labute approximate surface area is 173 Å². The van der Waals surface area contributed by atoms with Crippen LogP contribution in [0.25, 0.3) is 11.1 Å². The monoisotopic (exact) mass is 416 g/mol. The molecule has 0 aromatic heterocycles. The van der Waals surface area contributed by atoms with Crippen molar-refractivity contribution >= 4 is 5.91 Å². The third-order valence-corrected chi connectivity index (χ3v) is 5.25. The summed E-state index contributed by atoms with van der Waals surface area (Å²) in [5.41, 5.74) is 1.53. The van der Waals surface area contributed by atoms with E-state index in [9.17, 15) is 18.0 Å². The lowest BCUT2D eigenvalue weighted by Gasteiger charge is -2.24. The zero-order valence-corrected chi connectivity index (χ0v) is 16.9.